The first kappa shape index (κ1) is 41.8. The fraction of sp³-hybridized carbons (Fsp3) is 0.317. The summed E-state index contributed by atoms with van der Waals surface area (Å²) in [6, 6.07) is 34.5. The molecule has 2 heterocycles. The summed E-state index contributed by atoms with van der Waals surface area (Å²) in [6.45, 7) is 4.93. The van der Waals surface area contributed by atoms with Crippen molar-refractivity contribution in [2.24, 2.45) is 0 Å². The minimum Gasteiger partial charge on any atom is -0.496 e. The van der Waals surface area contributed by atoms with Crippen molar-refractivity contribution in [3.63, 3.8) is 0 Å². The summed E-state index contributed by atoms with van der Waals surface area (Å²) in [5, 5.41) is 21.7. The zero-order valence-corrected chi connectivity index (χ0v) is 34.0. The average molecular weight is 826 g/mol. The number of aliphatic hydroxyl groups excluding tert-OH is 1. The molecule has 0 saturated carbocycles. The van der Waals surface area contributed by atoms with E-state index < -0.39 is 15.6 Å². The molecule has 1 fully saturated rings. The highest BCUT2D eigenvalue weighted by atomic mass is 79.9. The highest BCUT2D eigenvalue weighted by Gasteiger charge is 2.35. The Bertz CT molecular complexity index is 1860. The van der Waals surface area contributed by atoms with Crippen LogP contribution >= 0.6 is 27.3 Å². The number of hydrogen-bond donors (Lipinski definition) is 2. The first-order chi connectivity index (χ1) is 25.5. The predicted molar refractivity (Wildman–Crippen MR) is 217 cm³/mol. The molecule has 4 aromatic carbocycles. The Morgan fingerprint density at radius 3 is 1.75 bits per heavy atom. The average Bonchev–Trinajstić information content (AvgIpc) is 3.75. The van der Waals surface area contributed by atoms with Crippen molar-refractivity contribution in [3.8, 4) is 17.2 Å². The molecular weight excluding hydrogens is 776 g/mol. The van der Waals surface area contributed by atoms with Gasteiger partial charge < -0.3 is 29.3 Å². The number of rotatable bonds is 11. The van der Waals surface area contributed by atoms with Gasteiger partial charge in [0.25, 0.3) is 10.0 Å². The monoisotopic (exact) mass is 824 g/mol. The van der Waals surface area contributed by atoms with Gasteiger partial charge in [0.1, 0.15) is 21.5 Å². The van der Waals surface area contributed by atoms with Crippen molar-refractivity contribution in [2.75, 3.05) is 45.9 Å². The number of aliphatic hydroxyl groups is 2. The molecule has 6 rings (SSSR count). The Kier molecular flexibility index (Phi) is 15.8. The topological polar surface area (TPSA) is 109 Å². The SMILES string of the molecule is COc1ccccc1CBr.COc1ccccc1CC1CN(S(=O)(=O)c2cccs2)CCN1c1ccc(C(C)(C)O)cc1.COc1ccccc1CO. The van der Waals surface area contributed by atoms with E-state index in [1.54, 1.807) is 57.0 Å². The Labute approximate surface area is 326 Å². The molecule has 0 radical (unpaired) electrons. The highest BCUT2D eigenvalue weighted by Crippen LogP contribution is 2.31. The van der Waals surface area contributed by atoms with Crippen LogP contribution in [-0.2, 0) is 34.0 Å². The van der Waals surface area contributed by atoms with Gasteiger partial charge in [0.05, 0.1) is 33.5 Å². The normalized spacial score (nSPS) is 14.6. The molecule has 284 valence electrons. The molecule has 53 heavy (non-hydrogen) atoms. The number of hydrogen-bond acceptors (Lipinski definition) is 9. The second-order valence-corrected chi connectivity index (χ2v) is 16.4. The van der Waals surface area contributed by atoms with Crippen molar-refractivity contribution in [3.05, 3.63) is 137 Å². The zero-order chi connectivity index (χ0) is 38.4. The van der Waals surface area contributed by atoms with E-state index >= 15 is 0 Å². The van der Waals surface area contributed by atoms with Crippen LogP contribution in [0.5, 0.6) is 17.2 Å². The molecule has 1 aromatic heterocycles. The number of ether oxygens (including phenoxy) is 3. The van der Waals surface area contributed by atoms with Crippen LogP contribution in [0.25, 0.3) is 0 Å². The van der Waals surface area contributed by atoms with Crippen LogP contribution in [-0.4, -0.2) is 69.9 Å². The van der Waals surface area contributed by atoms with E-state index in [9.17, 15) is 13.5 Å². The van der Waals surface area contributed by atoms with Crippen molar-refractivity contribution < 1.29 is 32.8 Å². The largest absolute Gasteiger partial charge is 0.496 e. The van der Waals surface area contributed by atoms with E-state index in [0.29, 0.717) is 30.3 Å². The molecule has 1 aliphatic rings. The molecule has 12 heteroatoms. The Morgan fingerprint density at radius 2 is 1.28 bits per heavy atom. The molecule has 0 spiro atoms. The van der Waals surface area contributed by atoms with Crippen LogP contribution in [0.1, 0.15) is 36.1 Å². The number of alkyl halides is 1. The molecule has 2 N–H and O–H groups in total. The third-order valence-corrected chi connectivity index (χ3v) is 12.6. The van der Waals surface area contributed by atoms with Crippen molar-refractivity contribution >= 4 is 43.0 Å². The molecular formula is C41H49BrN2O7S2. The summed E-state index contributed by atoms with van der Waals surface area (Å²) in [7, 11) is 1.40. The van der Waals surface area contributed by atoms with E-state index in [2.05, 4.69) is 20.8 Å². The minimum absolute atomic E-state index is 0.0318. The van der Waals surface area contributed by atoms with Crippen molar-refractivity contribution in [2.45, 2.75) is 48.1 Å². The lowest BCUT2D eigenvalue weighted by molar-refractivity contribution is 0.0786. The van der Waals surface area contributed by atoms with Gasteiger partial charge in [-0.25, -0.2) is 8.42 Å². The number of benzene rings is 4. The third-order valence-electron chi connectivity index (χ3n) is 8.79. The number of para-hydroxylation sites is 3. The molecule has 1 unspecified atom stereocenters. The molecule has 1 aliphatic heterocycles. The van der Waals surface area contributed by atoms with Crippen molar-refractivity contribution in [1.82, 2.24) is 4.31 Å². The zero-order valence-electron chi connectivity index (χ0n) is 30.8. The highest BCUT2D eigenvalue weighted by molar-refractivity contribution is 9.08. The first-order valence-electron chi connectivity index (χ1n) is 17.1. The van der Waals surface area contributed by atoms with Gasteiger partial charge in [-0.2, -0.15) is 4.31 Å². The van der Waals surface area contributed by atoms with Crippen LogP contribution in [0.15, 0.2) is 119 Å². The predicted octanol–water partition coefficient (Wildman–Crippen LogP) is 7.88. The van der Waals surface area contributed by atoms with Gasteiger partial charge in [-0.15, -0.1) is 11.3 Å². The molecule has 5 aromatic rings. The number of thiophene rings is 1. The summed E-state index contributed by atoms with van der Waals surface area (Å²) in [5.41, 5.74) is 3.99. The Balaban J connectivity index is 0.000000254. The first-order valence-corrected chi connectivity index (χ1v) is 20.6. The van der Waals surface area contributed by atoms with Crippen LogP contribution < -0.4 is 19.1 Å². The summed E-state index contributed by atoms with van der Waals surface area (Å²) in [5.74, 6) is 2.48. The molecule has 1 atom stereocenters. The van der Waals surface area contributed by atoms with Gasteiger partial charge in [0, 0.05) is 47.8 Å². The summed E-state index contributed by atoms with van der Waals surface area (Å²) >= 11 is 4.62. The third kappa shape index (κ3) is 11.3. The van der Waals surface area contributed by atoms with Gasteiger partial charge >= 0.3 is 0 Å². The second kappa shape index (κ2) is 20.0. The maximum atomic E-state index is 13.2. The van der Waals surface area contributed by atoms with E-state index in [4.69, 9.17) is 19.3 Å². The smallest absolute Gasteiger partial charge is 0.252 e. The number of piperazine rings is 1. The lowest BCUT2D eigenvalue weighted by atomic mass is 9.97. The number of nitrogens with zero attached hydrogens (tertiary/aromatic N) is 2. The maximum absolute atomic E-state index is 13.2. The Morgan fingerprint density at radius 1 is 0.755 bits per heavy atom. The van der Waals surface area contributed by atoms with Gasteiger partial charge in [0.15, 0.2) is 0 Å². The molecule has 1 saturated heterocycles. The summed E-state index contributed by atoms with van der Waals surface area (Å²) in [6.07, 6.45) is 0.647. The molecule has 0 amide bonds. The number of sulfonamides is 1. The molecule has 0 aliphatic carbocycles. The van der Waals surface area contributed by atoms with Crippen LogP contribution in [0, 0.1) is 0 Å². The fourth-order valence-electron chi connectivity index (χ4n) is 5.93. The number of methoxy groups -OCH3 is 3. The van der Waals surface area contributed by atoms with E-state index in [1.807, 2.05) is 97.1 Å². The van der Waals surface area contributed by atoms with E-state index in [-0.39, 0.29) is 12.6 Å². The number of halogens is 1. The standard InChI is InChI=1S/C25H30N2O4S2.C8H9BrO.C8H10O2/c1-25(2,28)20-10-12-21(13-11-20)27-15-14-26(33(29,30)24-9-6-16-32-24)18-22(27)17-19-7-4-5-8-23(19)31-3;2*1-10-8-5-3-2-4-7(8)6-9/h4-13,16,22,28H,14-15,17-18H2,1-3H3;2-5H,6H2,1H3;2-5,9H,6H2,1H3. The van der Waals surface area contributed by atoms with Crippen LogP contribution in [0.3, 0.4) is 0 Å². The lowest BCUT2D eigenvalue weighted by Gasteiger charge is -2.42. The maximum Gasteiger partial charge on any atom is 0.252 e. The molecule has 9 nitrogen and oxygen atoms in total. The van der Waals surface area contributed by atoms with E-state index in [0.717, 1.165) is 45.0 Å². The fourth-order valence-corrected chi connectivity index (χ4v) is 9.01. The van der Waals surface area contributed by atoms with Crippen LogP contribution in [0.4, 0.5) is 5.69 Å². The van der Waals surface area contributed by atoms with Crippen LogP contribution in [0.2, 0.25) is 0 Å². The summed E-state index contributed by atoms with van der Waals surface area (Å²) < 4.78 is 44.1. The van der Waals surface area contributed by atoms with Crippen molar-refractivity contribution in [1.29, 1.82) is 0 Å². The van der Waals surface area contributed by atoms with Gasteiger partial charge in [0.2, 0.25) is 0 Å². The number of anilines is 1. The second-order valence-electron chi connectivity index (χ2n) is 12.7. The molecule has 0 bridgehead atoms. The lowest BCUT2D eigenvalue weighted by Crippen LogP contribution is -2.55. The van der Waals surface area contributed by atoms with Gasteiger partial charge in [-0.3, -0.25) is 0 Å². The minimum atomic E-state index is -3.53. The quantitative estimate of drug-likeness (QED) is 0.130. The van der Waals surface area contributed by atoms with E-state index in [1.165, 1.54) is 16.9 Å². The Hall–Kier alpha value is -3.91. The van der Waals surface area contributed by atoms with Gasteiger partial charge in [-0.05, 0) is 73.2 Å². The summed E-state index contributed by atoms with van der Waals surface area (Å²) in [4.78, 5) is 2.26. The van der Waals surface area contributed by atoms with Gasteiger partial charge in [-0.1, -0.05) is 88.7 Å².